The predicted octanol–water partition coefficient (Wildman–Crippen LogP) is 12.4. The van der Waals surface area contributed by atoms with E-state index >= 15 is 0 Å². The van der Waals surface area contributed by atoms with E-state index in [9.17, 15) is 0 Å². The first kappa shape index (κ1) is 37.3. The zero-order valence-corrected chi connectivity index (χ0v) is 37.9. The maximum absolute atomic E-state index is 7.29. The minimum atomic E-state index is -2.72. The molecule has 0 saturated carbocycles. The molecule has 280 valence electrons. The molecule has 0 radical (unpaired) electrons. The third kappa shape index (κ3) is 6.00. The molecular weight excluding hydrogens is 766 g/mol. The fourth-order valence-corrected chi connectivity index (χ4v) is 16.4. The number of hydrogen-bond acceptors (Lipinski definition) is 3. The van der Waals surface area contributed by atoms with E-state index in [1.54, 1.807) is 0 Å². The summed E-state index contributed by atoms with van der Waals surface area (Å²) in [7, 11) is 0. The van der Waals surface area contributed by atoms with Gasteiger partial charge in [-0.3, -0.25) is 0 Å². The Bertz CT molecular complexity index is 2160. The second kappa shape index (κ2) is 11.9. The van der Waals surface area contributed by atoms with E-state index in [0.717, 1.165) is 11.5 Å². The molecule has 0 N–H and O–H groups in total. The molecule has 5 aromatic rings. The molecule has 0 aromatic heterocycles. The first-order chi connectivity index (χ1) is 24.9. The van der Waals surface area contributed by atoms with Crippen molar-refractivity contribution in [3.63, 3.8) is 0 Å². The van der Waals surface area contributed by atoms with Gasteiger partial charge >= 0.3 is 335 Å². The van der Waals surface area contributed by atoms with E-state index in [2.05, 4.69) is 199 Å². The summed E-state index contributed by atoms with van der Waals surface area (Å²) >= 11 is -2.72. The van der Waals surface area contributed by atoms with Crippen molar-refractivity contribution in [2.24, 2.45) is 0 Å². The molecule has 3 aliphatic heterocycles. The monoisotopic (exact) mass is 824 g/mol. The molecule has 8 rings (SSSR count). The van der Waals surface area contributed by atoms with Crippen molar-refractivity contribution in [3.05, 3.63) is 113 Å². The molecule has 0 amide bonds. The number of benzene rings is 5. The van der Waals surface area contributed by atoms with Crippen LogP contribution in [0.3, 0.4) is 0 Å². The Balaban J connectivity index is 1.52. The van der Waals surface area contributed by atoms with Crippen molar-refractivity contribution in [1.82, 2.24) is 0 Å². The van der Waals surface area contributed by atoms with Gasteiger partial charge in [-0.2, -0.15) is 0 Å². The molecule has 0 atom stereocenters. The van der Waals surface area contributed by atoms with Gasteiger partial charge in [0.05, 0.1) is 0 Å². The Hall–Kier alpha value is -3.68. The van der Waals surface area contributed by atoms with Gasteiger partial charge in [0.2, 0.25) is 0 Å². The third-order valence-corrected chi connectivity index (χ3v) is 19.3. The van der Waals surface area contributed by atoms with Crippen LogP contribution >= 0.6 is 0 Å². The molecule has 0 spiro atoms. The van der Waals surface area contributed by atoms with Crippen molar-refractivity contribution < 1.29 is 4.74 Å². The van der Waals surface area contributed by atoms with Gasteiger partial charge in [-0.05, 0) is 0 Å². The van der Waals surface area contributed by atoms with Gasteiger partial charge < -0.3 is 0 Å². The zero-order valence-electron chi connectivity index (χ0n) is 35.3. The second-order valence-electron chi connectivity index (χ2n) is 21.0. The topological polar surface area (TPSA) is 15.7 Å². The van der Waals surface area contributed by atoms with Gasteiger partial charge in [-0.1, -0.05) is 0 Å². The Kier molecular flexibility index (Phi) is 8.22. The Morgan fingerprint density at radius 2 is 0.630 bits per heavy atom. The van der Waals surface area contributed by atoms with E-state index in [-0.39, 0.29) is 27.1 Å². The summed E-state index contributed by atoms with van der Waals surface area (Å²) < 4.78 is 11.7. The molecule has 3 nitrogen and oxygen atoms in total. The van der Waals surface area contributed by atoms with E-state index < -0.39 is 20.2 Å². The van der Waals surface area contributed by atoms with E-state index in [1.165, 1.54) is 72.5 Å². The van der Waals surface area contributed by atoms with Crippen LogP contribution in [0.4, 0.5) is 34.1 Å². The van der Waals surface area contributed by atoms with Crippen LogP contribution in [-0.2, 0) is 27.1 Å². The fourth-order valence-electron chi connectivity index (χ4n) is 8.10. The van der Waals surface area contributed by atoms with Gasteiger partial charge in [0, 0.05) is 0 Å². The summed E-state index contributed by atoms with van der Waals surface area (Å²) in [5, 5.41) is 0. The Morgan fingerprint density at radius 1 is 0.352 bits per heavy atom. The SMILES string of the molecule is CC(C)(C)c1ccc(N2c3cc(C(C)(C)C)cc4[c]3[Sb]3[c]5c(cc(C(C)(C)C)cc5N(c5ccc(C(C)(C)C)cc5)c5cc(C(C)(C)C)cc2[c]53)O4)cc1. The summed E-state index contributed by atoms with van der Waals surface area (Å²) in [6, 6.07) is 33.6. The molecule has 0 unspecified atom stereocenters. The maximum atomic E-state index is 7.29. The van der Waals surface area contributed by atoms with Crippen molar-refractivity contribution in [1.29, 1.82) is 0 Å². The number of hydrogen-bond donors (Lipinski definition) is 0. The minimum absolute atomic E-state index is 0.0524. The molecule has 0 aliphatic carbocycles. The average Bonchev–Trinajstić information content (AvgIpc) is 3.06. The van der Waals surface area contributed by atoms with Gasteiger partial charge in [-0.15, -0.1) is 0 Å². The normalized spacial score (nSPS) is 15.3. The predicted molar refractivity (Wildman–Crippen MR) is 234 cm³/mol. The molecule has 5 aromatic carbocycles. The molecule has 3 aliphatic rings. The zero-order chi connectivity index (χ0) is 39.1. The fraction of sp³-hybridized carbons (Fsp3) is 0.400. The van der Waals surface area contributed by atoms with Crippen LogP contribution in [-0.4, -0.2) is 20.2 Å². The summed E-state index contributed by atoms with van der Waals surface area (Å²) in [6.45, 7) is 34.8. The first-order valence-corrected chi connectivity index (χ1v) is 23.6. The second-order valence-corrected chi connectivity index (χ2v) is 26.7. The van der Waals surface area contributed by atoms with E-state index in [4.69, 9.17) is 4.74 Å². The van der Waals surface area contributed by atoms with Crippen LogP contribution in [0, 0.1) is 0 Å². The van der Waals surface area contributed by atoms with Crippen LogP contribution < -0.4 is 25.1 Å². The summed E-state index contributed by atoms with van der Waals surface area (Å²) in [6.07, 6.45) is 0. The van der Waals surface area contributed by atoms with Crippen molar-refractivity contribution in [2.45, 2.75) is 131 Å². The van der Waals surface area contributed by atoms with Gasteiger partial charge in [0.15, 0.2) is 0 Å². The van der Waals surface area contributed by atoms with Gasteiger partial charge in [0.1, 0.15) is 0 Å². The molecule has 0 bridgehead atoms. The molecule has 54 heavy (non-hydrogen) atoms. The van der Waals surface area contributed by atoms with Crippen LogP contribution in [0.1, 0.15) is 132 Å². The van der Waals surface area contributed by atoms with Gasteiger partial charge in [-0.25, -0.2) is 0 Å². The molecule has 0 fully saturated rings. The van der Waals surface area contributed by atoms with Gasteiger partial charge in [0.25, 0.3) is 0 Å². The Labute approximate surface area is 332 Å². The van der Waals surface area contributed by atoms with Crippen molar-refractivity contribution in [3.8, 4) is 11.5 Å². The van der Waals surface area contributed by atoms with Crippen molar-refractivity contribution >= 4 is 64.9 Å². The van der Waals surface area contributed by atoms with E-state index in [0.29, 0.717) is 0 Å². The van der Waals surface area contributed by atoms with Crippen LogP contribution in [0.25, 0.3) is 0 Å². The van der Waals surface area contributed by atoms with Crippen molar-refractivity contribution in [2.75, 3.05) is 9.80 Å². The number of ether oxygens (including phenoxy) is 1. The molecule has 3 heterocycles. The average molecular weight is 826 g/mol. The third-order valence-electron chi connectivity index (χ3n) is 11.6. The van der Waals surface area contributed by atoms with E-state index in [1.807, 2.05) is 0 Å². The Morgan fingerprint density at radius 3 is 0.926 bits per heavy atom. The summed E-state index contributed by atoms with van der Waals surface area (Å²) in [5.74, 6) is 2.11. The molecule has 0 saturated heterocycles. The first-order valence-electron chi connectivity index (χ1n) is 19.8. The number of anilines is 6. The van der Waals surface area contributed by atoms with Crippen LogP contribution in [0.5, 0.6) is 11.5 Å². The molecule has 4 heteroatoms. The summed E-state index contributed by atoms with van der Waals surface area (Å²) in [5.41, 5.74) is 14.3. The summed E-state index contributed by atoms with van der Waals surface area (Å²) in [4.78, 5) is 5.19. The molecular formula is C50H59N2OSb. The van der Waals surface area contributed by atoms with Crippen LogP contribution in [0.15, 0.2) is 84.9 Å². The van der Waals surface area contributed by atoms with Crippen LogP contribution in [0.2, 0.25) is 0 Å². The quantitative estimate of drug-likeness (QED) is 0.162. The number of rotatable bonds is 2. The standard InChI is InChI=1S/C50H59N2O.Sb/c1-46(2,3)33-16-20-38(21-17-33)51-40-24-35(48(7,8)9)25-41(30-40)52(39-22-18-34(19-23-39)47(4,5)6)43-27-37(50(13,14)15)29-45(32-43)53-44-28-36(49(10,11)12)26-42(51)31-44;/h16-29H,1-15H3;. The number of nitrogens with zero attached hydrogens (tertiary/aromatic N) is 2.